The van der Waals surface area contributed by atoms with Crippen molar-refractivity contribution in [3.8, 4) is 0 Å². The number of hydrogen-bond donors (Lipinski definition) is 1. The first-order chi connectivity index (χ1) is 8.56. The van der Waals surface area contributed by atoms with Crippen LogP contribution in [-0.4, -0.2) is 35.7 Å². The van der Waals surface area contributed by atoms with E-state index in [-0.39, 0.29) is 11.9 Å². The summed E-state index contributed by atoms with van der Waals surface area (Å²) in [4.78, 5) is 2.59. The van der Waals surface area contributed by atoms with Gasteiger partial charge in [-0.2, -0.15) is 0 Å². The summed E-state index contributed by atoms with van der Waals surface area (Å²) in [6.07, 6.45) is -0.183. The van der Waals surface area contributed by atoms with E-state index < -0.39 is 0 Å². The van der Waals surface area contributed by atoms with Gasteiger partial charge >= 0.3 is 0 Å². The van der Waals surface area contributed by atoms with Crippen molar-refractivity contribution in [2.24, 2.45) is 5.73 Å². The number of benzene rings is 1. The maximum Gasteiger partial charge on any atom is 0.137 e. The normalized spacial score (nSPS) is 20.9. The van der Waals surface area contributed by atoms with Crippen molar-refractivity contribution >= 4 is 33.1 Å². The summed E-state index contributed by atoms with van der Waals surface area (Å²) in [6, 6.07) is 5.04. The van der Waals surface area contributed by atoms with Gasteiger partial charge in [-0.3, -0.25) is 4.90 Å². The van der Waals surface area contributed by atoms with Gasteiger partial charge in [-0.15, -0.1) is 0 Å². The van der Waals surface area contributed by atoms with E-state index in [1.165, 1.54) is 6.07 Å². The number of thiocarbonyl (C=S) groups is 1. The molecule has 0 aliphatic carbocycles. The van der Waals surface area contributed by atoms with E-state index in [0.717, 1.165) is 18.7 Å². The molecule has 0 radical (unpaired) electrons. The molecule has 0 aromatic heterocycles. The standard InChI is InChI=1S/C12H14BrFN2OS/c13-9-5-8(1-2-10(9)14)6-16-3-4-17-11(7-16)12(15)18/h1-2,5,11H,3-4,6-7H2,(H2,15,18). The van der Waals surface area contributed by atoms with Crippen molar-refractivity contribution in [1.82, 2.24) is 4.90 Å². The first kappa shape index (κ1) is 13.9. The van der Waals surface area contributed by atoms with Gasteiger partial charge in [0.2, 0.25) is 0 Å². The van der Waals surface area contributed by atoms with Crippen LogP contribution in [0.25, 0.3) is 0 Å². The van der Waals surface area contributed by atoms with Gasteiger partial charge in [0.05, 0.1) is 11.1 Å². The van der Waals surface area contributed by atoms with Crippen molar-refractivity contribution < 1.29 is 9.13 Å². The Balaban J connectivity index is 2.00. The minimum atomic E-state index is -0.248. The first-order valence-corrected chi connectivity index (χ1v) is 6.83. The van der Waals surface area contributed by atoms with Crippen LogP contribution in [0.3, 0.4) is 0 Å². The Kier molecular flexibility index (Phi) is 4.66. The molecule has 0 saturated carbocycles. The highest BCUT2D eigenvalue weighted by atomic mass is 79.9. The molecule has 0 amide bonds. The Hall–Kier alpha value is -0.560. The number of morpholine rings is 1. The van der Waals surface area contributed by atoms with Crippen LogP contribution in [0.4, 0.5) is 4.39 Å². The van der Waals surface area contributed by atoms with Crippen LogP contribution in [0.15, 0.2) is 22.7 Å². The van der Waals surface area contributed by atoms with E-state index >= 15 is 0 Å². The fourth-order valence-electron chi connectivity index (χ4n) is 1.91. The van der Waals surface area contributed by atoms with Crippen molar-refractivity contribution in [2.45, 2.75) is 12.6 Å². The second-order valence-corrected chi connectivity index (χ2v) is 5.57. The van der Waals surface area contributed by atoms with E-state index in [2.05, 4.69) is 20.8 Å². The number of nitrogens with two attached hydrogens (primary N) is 1. The first-order valence-electron chi connectivity index (χ1n) is 5.63. The Morgan fingerprint density at radius 1 is 1.61 bits per heavy atom. The molecule has 1 atom stereocenters. The zero-order chi connectivity index (χ0) is 13.1. The average Bonchev–Trinajstić information content (AvgIpc) is 2.34. The summed E-state index contributed by atoms with van der Waals surface area (Å²) in [6.45, 7) is 2.87. The highest BCUT2D eigenvalue weighted by Gasteiger charge is 2.22. The lowest BCUT2D eigenvalue weighted by atomic mass is 10.2. The minimum Gasteiger partial charge on any atom is -0.391 e. The maximum atomic E-state index is 13.1. The maximum absolute atomic E-state index is 13.1. The Bertz CT molecular complexity index is 458. The van der Waals surface area contributed by atoms with Gasteiger partial charge in [0.25, 0.3) is 0 Å². The van der Waals surface area contributed by atoms with Crippen LogP contribution >= 0.6 is 28.1 Å². The second kappa shape index (κ2) is 6.06. The molecular weight excluding hydrogens is 319 g/mol. The highest BCUT2D eigenvalue weighted by Crippen LogP contribution is 2.18. The molecule has 98 valence electrons. The number of ether oxygens (including phenoxy) is 1. The van der Waals surface area contributed by atoms with Gasteiger partial charge in [0.1, 0.15) is 16.9 Å². The largest absolute Gasteiger partial charge is 0.391 e. The average molecular weight is 333 g/mol. The van der Waals surface area contributed by atoms with Gasteiger partial charge in [0, 0.05) is 19.6 Å². The van der Waals surface area contributed by atoms with Crippen LogP contribution in [0.2, 0.25) is 0 Å². The molecule has 1 unspecified atom stereocenters. The predicted octanol–water partition coefficient (Wildman–Crippen LogP) is 2.08. The molecule has 1 heterocycles. The molecule has 1 aliphatic heterocycles. The van der Waals surface area contributed by atoms with Crippen LogP contribution < -0.4 is 5.73 Å². The summed E-state index contributed by atoms with van der Waals surface area (Å²) < 4.78 is 19.1. The van der Waals surface area contributed by atoms with E-state index in [4.69, 9.17) is 22.7 Å². The summed E-state index contributed by atoms with van der Waals surface area (Å²) in [5, 5.41) is 0. The molecule has 1 aliphatic rings. The summed E-state index contributed by atoms with van der Waals surface area (Å²) in [5.41, 5.74) is 6.64. The fraction of sp³-hybridized carbons (Fsp3) is 0.417. The molecule has 1 aromatic rings. The molecule has 1 fully saturated rings. The zero-order valence-electron chi connectivity index (χ0n) is 9.73. The zero-order valence-corrected chi connectivity index (χ0v) is 12.1. The van der Waals surface area contributed by atoms with Gasteiger partial charge < -0.3 is 10.5 Å². The van der Waals surface area contributed by atoms with E-state index in [0.29, 0.717) is 22.6 Å². The summed E-state index contributed by atoms with van der Waals surface area (Å²) in [7, 11) is 0. The molecule has 18 heavy (non-hydrogen) atoms. The van der Waals surface area contributed by atoms with Gasteiger partial charge in [-0.1, -0.05) is 18.3 Å². The lowest BCUT2D eigenvalue weighted by Crippen LogP contribution is -2.47. The lowest BCUT2D eigenvalue weighted by molar-refractivity contribution is 0.00389. The van der Waals surface area contributed by atoms with Crippen LogP contribution in [-0.2, 0) is 11.3 Å². The van der Waals surface area contributed by atoms with Crippen LogP contribution in [0, 0.1) is 5.82 Å². The molecule has 0 spiro atoms. The fourth-order valence-corrected chi connectivity index (χ4v) is 2.48. The Morgan fingerprint density at radius 2 is 2.39 bits per heavy atom. The molecule has 3 nitrogen and oxygen atoms in total. The molecule has 2 rings (SSSR count). The number of rotatable bonds is 3. The van der Waals surface area contributed by atoms with Crippen LogP contribution in [0.5, 0.6) is 0 Å². The Morgan fingerprint density at radius 3 is 3.06 bits per heavy atom. The monoisotopic (exact) mass is 332 g/mol. The van der Waals surface area contributed by atoms with E-state index in [9.17, 15) is 4.39 Å². The SMILES string of the molecule is NC(=S)C1CN(Cc2ccc(F)c(Br)c2)CCO1. The van der Waals surface area contributed by atoms with Crippen molar-refractivity contribution in [3.05, 3.63) is 34.1 Å². The summed E-state index contributed by atoms with van der Waals surface area (Å²) >= 11 is 8.13. The van der Waals surface area contributed by atoms with Crippen molar-refractivity contribution in [3.63, 3.8) is 0 Å². The third-order valence-electron chi connectivity index (χ3n) is 2.86. The number of nitrogens with zero attached hydrogens (tertiary/aromatic N) is 1. The van der Waals surface area contributed by atoms with Gasteiger partial charge in [-0.05, 0) is 33.6 Å². The minimum absolute atomic E-state index is 0.183. The van der Waals surface area contributed by atoms with E-state index in [1.807, 2.05) is 0 Å². The molecular formula is C12H14BrFN2OS. The van der Waals surface area contributed by atoms with Gasteiger partial charge in [0.15, 0.2) is 0 Å². The van der Waals surface area contributed by atoms with Crippen molar-refractivity contribution in [1.29, 1.82) is 0 Å². The summed E-state index contributed by atoms with van der Waals surface area (Å²) in [5.74, 6) is -0.248. The molecule has 0 bridgehead atoms. The highest BCUT2D eigenvalue weighted by molar-refractivity contribution is 9.10. The predicted molar refractivity (Wildman–Crippen MR) is 75.9 cm³/mol. The third kappa shape index (κ3) is 3.47. The second-order valence-electron chi connectivity index (χ2n) is 4.25. The van der Waals surface area contributed by atoms with Crippen LogP contribution in [0.1, 0.15) is 5.56 Å². The molecule has 1 aromatic carbocycles. The molecule has 2 N–H and O–H groups in total. The lowest BCUT2D eigenvalue weighted by Gasteiger charge is -2.32. The number of halogens is 2. The smallest absolute Gasteiger partial charge is 0.137 e. The topological polar surface area (TPSA) is 38.5 Å². The Labute approximate surface area is 119 Å². The quantitative estimate of drug-likeness (QED) is 0.860. The molecule has 1 saturated heterocycles. The van der Waals surface area contributed by atoms with Crippen molar-refractivity contribution in [2.75, 3.05) is 19.7 Å². The number of hydrogen-bond acceptors (Lipinski definition) is 3. The third-order valence-corrected chi connectivity index (χ3v) is 3.73. The molecule has 6 heteroatoms. The van der Waals surface area contributed by atoms with E-state index in [1.54, 1.807) is 12.1 Å². The van der Waals surface area contributed by atoms with Gasteiger partial charge in [-0.25, -0.2) is 4.39 Å².